The summed E-state index contributed by atoms with van der Waals surface area (Å²) in [6.45, 7) is 13.7. The maximum absolute atomic E-state index is 2.44. The number of benzene rings is 11. The van der Waals surface area contributed by atoms with Crippen molar-refractivity contribution in [2.24, 2.45) is 0 Å². The fourth-order valence-corrected chi connectivity index (χ4v) is 10.1. The first-order chi connectivity index (χ1) is 33.0. The maximum Gasteiger partial charge on any atom is 0.0468 e. The molecule has 0 saturated carbocycles. The van der Waals surface area contributed by atoms with Crippen molar-refractivity contribution >= 4 is 77.2 Å². The number of rotatable bonds is 8. The van der Waals surface area contributed by atoms with Gasteiger partial charge in [0, 0.05) is 34.1 Å². The first-order valence-corrected chi connectivity index (χ1v) is 23.9. The zero-order valence-corrected chi connectivity index (χ0v) is 39.8. The molecule has 2 heteroatoms. The minimum atomic E-state index is 0.0446. The van der Waals surface area contributed by atoms with Crippen molar-refractivity contribution in [1.82, 2.24) is 0 Å². The molecule has 0 aromatic heterocycles. The molecule has 0 unspecified atom stereocenters. The van der Waals surface area contributed by atoms with E-state index in [-0.39, 0.29) is 10.8 Å². The second-order valence-electron chi connectivity index (χ2n) is 20.3. The van der Waals surface area contributed by atoms with E-state index in [4.69, 9.17) is 0 Å². The van der Waals surface area contributed by atoms with E-state index in [0.717, 1.165) is 34.1 Å². The second kappa shape index (κ2) is 17.0. The third-order valence-electron chi connectivity index (χ3n) is 13.7. The molecule has 0 radical (unpaired) electrons. The van der Waals surface area contributed by atoms with Gasteiger partial charge in [0.1, 0.15) is 0 Å². The standard InChI is InChI=1S/C66H56N2/c1-65(2,3)51-29-33-55(34-30-51)67(53-21-9-7-10-22-53)57-37-39-59-61(43-57)63(49-27-25-45-17-13-15-19-47(45)41-49)60-40-38-58(44-62(60)64(59)50-28-26-46-18-14-16-20-48(46)42-50)68(54-23-11-8-12-24-54)56-35-31-52(32-36-56)66(4,5)6/h7-44H,1-6H3. The van der Waals surface area contributed by atoms with Gasteiger partial charge in [-0.3, -0.25) is 0 Å². The number of hydrogen-bond acceptors (Lipinski definition) is 2. The van der Waals surface area contributed by atoms with Crippen LogP contribution in [0.5, 0.6) is 0 Å². The molecular weight excluding hydrogens is 821 g/mol. The molecule has 0 saturated heterocycles. The number of nitrogens with zero attached hydrogens (tertiary/aromatic N) is 2. The third-order valence-corrected chi connectivity index (χ3v) is 13.7. The monoisotopic (exact) mass is 876 g/mol. The van der Waals surface area contributed by atoms with Crippen molar-refractivity contribution in [3.05, 3.63) is 242 Å². The normalized spacial score (nSPS) is 12.0. The van der Waals surface area contributed by atoms with E-state index in [0.29, 0.717) is 0 Å². The summed E-state index contributed by atoms with van der Waals surface area (Å²) in [5, 5.41) is 9.70. The van der Waals surface area contributed by atoms with Crippen LogP contribution in [0.3, 0.4) is 0 Å². The van der Waals surface area contributed by atoms with E-state index < -0.39 is 0 Å². The minimum absolute atomic E-state index is 0.0446. The van der Waals surface area contributed by atoms with E-state index >= 15 is 0 Å². The molecule has 0 aliphatic heterocycles. The third kappa shape index (κ3) is 7.96. The van der Waals surface area contributed by atoms with E-state index in [1.807, 2.05) is 0 Å². The Morgan fingerprint density at radius 1 is 0.250 bits per heavy atom. The summed E-state index contributed by atoms with van der Waals surface area (Å²) in [5.74, 6) is 0. The lowest BCUT2D eigenvalue weighted by molar-refractivity contribution is 0.590. The van der Waals surface area contributed by atoms with Crippen LogP contribution in [0.1, 0.15) is 52.7 Å². The molecule has 2 nitrogen and oxygen atoms in total. The summed E-state index contributed by atoms with van der Waals surface area (Å²) < 4.78 is 0. The molecule has 11 aromatic rings. The quantitative estimate of drug-likeness (QED) is 0.140. The molecule has 0 N–H and O–H groups in total. The van der Waals surface area contributed by atoms with Gasteiger partial charge < -0.3 is 9.80 Å². The lowest BCUT2D eigenvalue weighted by atomic mass is 9.84. The zero-order chi connectivity index (χ0) is 46.6. The Kier molecular flexibility index (Phi) is 10.7. The number of para-hydroxylation sites is 2. The fraction of sp³-hybridized carbons (Fsp3) is 0.121. The highest BCUT2D eigenvalue weighted by molar-refractivity contribution is 6.23. The van der Waals surface area contributed by atoms with Crippen LogP contribution in [-0.2, 0) is 10.8 Å². The summed E-state index contributed by atoms with van der Waals surface area (Å²) in [7, 11) is 0. The van der Waals surface area contributed by atoms with Crippen molar-refractivity contribution in [2.45, 2.75) is 52.4 Å². The Morgan fingerprint density at radius 2 is 0.574 bits per heavy atom. The lowest BCUT2D eigenvalue weighted by Gasteiger charge is -2.29. The number of anilines is 6. The average Bonchev–Trinajstić information content (AvgIpc) is 3.36. The Hall–Kier alpha value is -7.94. The van der Waals surface area contributed by atoms with Gasteiger partial charge in [0.25, 0.3) is 0 Å². The van der Waals surface area contributed by atoms with Crippen LogP contribution >= 0.6 is 0 Å². The van der Waals surface area contributed by atoms with E-state index in [1.54, 1.807) is 0 Å². The van der Waals surface area contributed by atoms with Crippen molar-refractivity contribution in [3.8, 4) is 22.3 Å². The van der Waals surface area contributed by atoms with E-state index in [1.165, 1.54) is 76.5 Å². The van der Waals surface area contributed by atoms with Crippen molar-refractivity contribution in [3.63, 3.8) is 0 Å². The first kappa shape index (κ1) is 42.7. The van der Waals surface area contributed by atoms with Gasteiger partial charge in [-0.1, -0.05) is 187 Å². The van der Waals surface area contributed by atoms with Crippen LogP contribution in [0.15, 0.2) is 231 Å². The molecule has 0 spiro atoms. The van der Waals surface area contributed by atoms with Crippen LogP contribution in [0, 0.1) is 0 Å². The number of fused-ring (bicyclic) bond motifs is 4. The highest BCUT2D eigenvalue weighted by Gasteiger charge is 2.24. The number of hydrogen-bond donors (Lipinski definition) is 0. The Bertz CT molecular complexity index is 3370. The van der Waals surface area contributed by atoms with Gasteiger partial charge in [-0.05, 0) is 172 Å². The molecule has 0 amide bonds. The van der Waals surface area contributed by atoms with Gasteiger partial charge >= 0.3 is 0 Å². The van der Waals surface area contributed by atoms with Gasteiger partial charge in [0.2, 0.25) is 0 Å². The molecule has 0 aliphatic carbocycles. The highest BCUT2D eigenvalue weighted by Crippen LogP contribution is 2.49. The summed E-state index contributed by atoms with van der Waals surface area (Å²) >= 11 is 0. The van der Waals surface area contributed by atoms with Crippen LogP contribution in [-0.4, -0.2) is 0 Å². The van der Waals surface area contributed by atoms with E-state index in [2.05, 4.69) is 282 Å². The van der Waals surface area contributed by atoms with Crippen LogP contribution in [0.2, 0.25) is 0 Å². The fourth-order valence-electron chi connectivity index (χ4n) is 10.1. The average molecular weight is 877 g/mol. The predicted octanol–water partition coefficient (Wildman–Crippen LogP) is 19.2. The SMILES string of the molecule is CC(C)(C)c1ccc(N(c2ccccc2)c2ccc3c(-c4ccc5ccccc5c4)c4cc(N(c5ccccc5)c5ccc(C(C)(C)C)cc5)ccc4c(-c4ccc5ccccc5c4)c3c2)cc1. The largest absolute Gasteiger partial charge is 0.310 e. The Morgan fingerprint density at radius 3 is 0.941 bits per heavy atom. The first-order valence-electron chi connectivity index (χ1n) is 23.9. The molecule has 0 aliphatic rings. The summed E-state index contributed by atoms with van der Waals surface area (Å²) in [6, 6.07) is 85.5. The van der Waals surface area contributed by atoms with Crippen molar-refractivity contribution in [1.29, 1.82) is 0 Å². The summed E-state index contributed by atoms with van der Waals surface area (Å²) in [6.07, 6.45) is 0. The van der Waals surface area contributed by atoms with Crippen LogP contribution < -0.4 is 9.80 Å². The molecule has 11 aromatic carbocycles. The lowest BCUT2D eigenvalue weighted by Crippen LogP contribution is -2.13. The highest BCUT2D eigenvalue weighted by atomic mass is 15.1. The second-order valence-corrected chi connectivity index (χ2v) is 20.3. The van der Waals surface area contributed by atoms with Gasteiger partial charge in [-0.2, -0.15) is 0 Å². The molecule has 68 heavy (non-hydrogen) atoms. The molecule has 0 bridgehead atoms. The Labute approximate surface area is 401 Å². The van der Waals surface area contributed by atoms with Crippen LogP contribution in [0.25, 0.3) is 65.3 Å². The molecule has 11 rings (SSSR count). The zero-order valence-electron chi connectivity index (χ0n) is 39.8. The molecule has 0 fully saturated rings. The molecule has 0 heterocycles. The molecule has 0 atom stereocenters. The van der Waals surface area contributed by atoms with Crippen molar-refractivity contribution < 1.29 is 0 Å². The molecule has 330 valence electrons. The Balaban J connectivity index is 1.23. The molecular formula is C66H56N2. The topological polar surface area (TPSA) is 6.48 Å². The predicted molar refractivity (Wildman–Crippen MR) is 294 cm³/mol. The summed E-state index contributed by atoms with van der Waals surface area (Å²) in [5.41, 5.74) is 14.2. The van der Waals surface area contributed by atoms with Gasteiger partial charge in [-0.15, -0.1) is 0 Å². The smallest absolute Gasteiger partial charge is 0.0468 e. The maximum atomic E-state index is 2.44. The van der Waals surface area contributed by atoms with E-state index in [9.17, 15) is 0 Å². The van der Waals surface area contributed by atoms with Gasteiger partial charge in [-0.25, -0.2) is 0 Å². The van der Waals surface area contributed by atoms with Crippen molar-refractivity contribution in [2.75, 3.05) is 9.80 Å². The van der Waals surface area contributed by atoms with Crippen LogP contribution in [0.4, 0.5) is 34.1 Å². The summed E-state index contributed by atoms with van der Waals surface area (Å²) in [4.78, 5) is 4.81. The van der Waals surface area contributed by atoms with Gasteiger partial charge in [0.15, 0.2) is 0 Å². The van der Waals surface area contributed by atoms with Gasteiger partial charge in [0.05, 0.1) is 0 Å². The minimum Gasteiger partial charge on any atom is -0.310 e.